The van der Waals surface area contributed by atoms with Crippen LogP contribution in [0.25, 0.3) is 10.9 Å². The lowest BCUT2D eigenvalue weighted by Gasteiger charge is -2.25. The second-order valence-electron chi connectivity index (χ2n) is 5.95. The van der Waals surface area contributed by atoms with E-state index in [1.807, 2.05) is 30.3 Å². The summed E-state index contributed by atoms with van der Waals surface area (Å²) in [7, 11) is 0. The van der Waals surface area contributed by atoms with Crippen molar-refractivity contribution in [2.45, 2.75) is 45.6 Å². The number of pyridine rings is 1. The van der Waals surface area contributed by atoms with Gasteiger partial charge in [-0.3, -0.25) is 4.98 Å². The van der Waals surface area contributed by atoms with Gasteiger partial charge in [0.15, 0.2) is 0 Å². The molecule has 1 heterocycles. The predicted molar refractivity (Wildman–Crippen MR) is 100 cm³/mol. The average molecular weight is 337 g/mol. The number of unbranched alkanes of at least 4 members (excludes halogenated alkanes) is 2. The van der Waals surface area contributed by atoms with E-state index in [9.17, 15) is 5.11 Å². The smallest absolute Gasteiger partial charge is 0.0937 e. The van der Waals surface area contributed by atoms with Crippen LogP contribution in [0.15, 0.2) is 36.5 Å². The lowest BCUT2D eigenvalue weighted by atomic mass is 10.0. The van der Waals surface area contributed by atoms with Crippen molar-refractivity contribution in [1.82, 2.24) is 9.88 Å². The maximum absolute atomic E-state index is 10.7. The molecule has 4 heteroatoms. The molecule has 0 aliphatic carbocycles. The Morgan fingerprint density at radius 3 is 2.35 bits per heavy atom. The van der Waals surface area contributed by atoms with Gasteiger partial charge in [-0.25, -0.2) is 0 Å². The normalized spacial score (nSPS) is 12.3. The zero-order chi connectivity index (χ0) is 15.8. The first-order valence-corrected chi connectivity index (χ1v) is 8.50. The summed E-state index contributed by atoms with van der Waals surface area (Å²) >= 11 is 0. The Hall–Kier alpha value is -1.16. The fourth-order valence-corrected chi connectivity index (χ4v) is 2.80. The third kappa shape index (κ3) is 5.76. The van der Waals surface area contributed by atoms with Crippen molar-refractivity contribution in [1.29, 1.82) is 0 Å². The number of aliphatic hydroxyl groups is 1. The highest BCUT2D eigenvalue weighted by Gasteiger charge is 2.16. The summed E-state index contributed by atoms with van der Waals surface area (Å²) in [6, 6.07) is 10.0. The van der Waals surface area contributed by atoms with Crippen molar-refractivity contribution in [2.24, 2.45) is 0 Å². The SMILES string of the molecule is CCCCN(CCCC)CC(O)c1cccc2cccnc12.Cl. The molecule has 0 spiro atoms. The van der Waals surface area contributed by atoms with Gasteiger partial charge in [0.05, 0.1) is 11.6 Å². The fraction of sp³-hybridized carbons (Fsp3) is 0.526. The summed E-state index contributed by atoms with van der Waals surface area (Å²) in [5.74, 6) is 0. The van der Waals surface area contributed by atoms with Crippen LogP contribution >= 0.6 is 12.4 Å². The molecule has 0 bridgehead atoms. The Morgan fingerprint density at radius 1 is 1.04 bits per heavy atom. The molecule has 23 heavy (non-hydrogen) atoms. The van der Waals surface area contributed by atoms with Crippen molar-refractivity contribution in [3.8, 4) is 0 Å². The fourth-order valence-electron chi connectivity index (χ4n) is 2.80. The number of para-hydroxylation sites is 1. The second-order valence-corrected chi connectivity index (χ2v) is 5.95. The number of hydrogen-bond donors (Lipinski definition) is 1. The highest BCUT2D eigenvalue weighted by molar-refractivity contribution is 5.85. The number of benzene rings is 1. The quantitative estimate of drug-likeness (QED) is 0.727. The molecule has 1 atom stereocenters. The van der Waals surface area contributed by atoms with E-state index in [4.69, 9.17) is 0 Å². The second kappa shape index (κ2) is 10.6. The first-order chi connectivity index (χ1) is 10.8. The molecule has 1 aromatic carbocycles. The number of halogens is 1. The van der Waals surface area contributed by atoms with E-state index in [1.165, 1.54) is 25.7 Å². The standard InChI is InChI=1S/C19H28N2O.ClH/c1-3-5-13-21(14-6-4-2)15-18(22)17-11-7-9-16-10-8-12-20-19(16)17;/h7-12,18,22H,3-6,13-15H2,1-2H3;1H. The van der Waals surface area contributed by atoms with E-state index >= 15 is 0 Å². The number of aromatic nitrogens is 1. The average Bonchev–Trinajstić information content (AvgIpc) is 2.56. The van der Waals surface area contributed by atoms with Crippen LogP contribution < -0.4 is 0 Å². The van der Waals surface area contributed by atoms with Crippen LogP contribution in [0.5, 0.6) is 0 Å². The van der Waals surface area contributed by atoms with Gasteiger partial charge in [0.25, 0.3) is 0 Å². The Labute approximate surface area is 146 Å². The predicted octanol–water partition coefficient (Wildman–Crippen LogP) is 4.59. The summed E-state index contributed by atoms with van der Waals surface area (Å²) in [6.07, 6.45) is 6.06. The number of rotatable bonds is 9. The van der Waals surface area contributed by atoms with Gasteiger partial charge in [-0.2, -0.15) is 0 Å². The van der Waals surface area contributed by atoms with E-state index in [0.29, 0.717) is 6.54 Å². The minimum absolute atomic E-state index is 0. The Morgan fingerprint density at radius 2 is 1.70 bits per heavy atom. The van der Waals surface area contributed by atoms with E-state index in [0.717, 1.165) is 29.6 Å². The van der Waals surface area contributed by atoms with Crippen molar-refractivity contribution in [3.63, 3.8) is 0 Å². The molecule has 2 aromatic rings. The molecule has 1 unspecified atom stereocenters. The first-order valence-electron chi connectivity index (χ1n) is 8.50. The van der Waals surface area contributed by atoms with E-state index in [-0.39, 0.29) is 12.4 Å². The summed E-state index contributed by atoms with van der Waals surface area (Å²) in [5.41, 5.74) is 1.86. The summed E-state index contributed by atoms with van der Waals surface area (Å²) < 4.78 is 0. The highest BCUT2D eigenvalue weighted by atomic mass is 35.5. The van der Waals surface area contributed by atoms with Crippen LogP contribution in [-0.4, -0.2) is 34.6 Å². The number of fused-ring (bicyclic) bond motifs is 1. The van der Waals surface area contributed by atoms with Crippen LogP contribution in [0.3, 0.4) is 0 Å². The van der Waals surface area contributed by atoms with Gasteiger partial charge in [0, 0.05) is 23.7 Å². The molecule has 1 N–H and O–H groups in total. The zero-order valence-electron chi connectivity index (χ0n) is 14.2. The molecule has 0 amide bonds. The Kier molecular flexibility index (Phi) is 9.15. The summed E-state index contributed by atoms with van der Waals surface area (Å²) in [4.78, 5) is 6.84. The van der Waals surface area contributed by atoms with Gasteiger partial charge >= 0.3 is 0 Å². The molecular formula is C19H29ClN2O. The number of aliphatic hydroxyl groups excluding tert-OH is 1. The molecule has 0 saturated heterocycles. The van der Waals surface area contributed by atoms with Gasteiger partial charge in [0.1, 0.15) is 0 Å². The van der Waals surface area contributed by atoms with Gasteiger partial charge in [0.2, 0.25) is 0 Å². The van der Waals surface area contributed by atoms with Crippen LogP contribution in [0.4, 0.5) is 0 Å². The molecule has 0 aliphatic heterocycles. The van der Waals surface area contributed by atoms with E-state index in [1.54, 1.807) is 6.20 Å². The zero-order valence-corrected chi connectivity index (χ0v) is 15.1. The molecule has 0 saturated carbocycles. The molecule has 0 radical (unpaired) electrons. The molecule has 0 fully saturated rings. The maximum Gasteiger partial charge on any atom is 0.0937 e. The van der Waals surface area contributed by atoms with Crippen molar-refractivity contribution >= 4 is 23.3 Å². The largest absolute Gasteiger partial charge is 0.387 e. The molecule has 0 aliphatic rings. The van der Waals surface area contributed by atoms with Crippen LogP contribution in [0.2, 0.25) is 0 Å². The number of hydrogen-bond acceptors (Lipinski definition) is 3. The van der Waals surface area contributed by atoms with Crippen LogP contribution in [0, 0.1) is 0 Å². The Balaban J connectivity index is 0.00000264. The molecule has 3 nitrogen and oxygen atoms in total. The maximum atomic E-state index is 10.7. The molecule has 2 rings (SSSR count). The minimum Gasteiger partial charge on any atom is -0.387 e. The van der Waals surface area contributed by atoms with Crippen molar-refractivity contribution in [3.05, 3.63) is 42.1 Å². The van der Waals surface area contributed by atoms with Gasteiger partial charge in [-0.15, -0.1) is 12.4 Å². The van der Waals surface area contributed by atoms with Crippen molar-refractivity contribution < 1.29 is 5.11 Å². The van der Waals surface area contributed by atoms with Crippen LogP contribution in [-0.2, 0) is 0 Å². The van der Waals surface area contributed by atoms with E-state index < -0.39 is 6.10 Å². The molecular weight excluding hydrogens is 308 g/mol. The van der Waals surface area contributed by atoms with Gasteiger partial charge in [-0.05, 0) is 32.0 Å². The van der Waals surface area contributed by atoms with Gasteiger partial charge in [-0.1, -0.05) is 51.0 Å². The lowest BCUT2D eigenvalue weighted by molar-refractivity contribution is 0.112. The third-order valence-corrected chi connectivity index (χ3v) is 4.11. The third-order valence-electron chi connectivity index (χ3n) is 4.11. The lowest BCUT2D eigenvalue weighted by Crippen LogP contribution is -2.30. The van der Waals surface area contributed by atoms with Gasteiger partial charge < -0.3 is 10.0 Å². The molecule has 1 aromatic heterocycles. The number of nitrogens with zero attached hydrogens (tertiary/aromatic N) is 2. The highest BCUT2D eigenvalue weighted by Crippen LogP contribution is 2.23. The Bertz CT molecular complexity index is 563. The first kappa shape index (κ1) is 19.9. The van der Waals surface area contributed by atoms with Crippen LogP contribution in [0.1, 0.15) is 51.2 Å². The summed E-state index contributed by atoms with van der Waals surface area (Å²) in [5, 5.41) is 11.8. The minimum atomic E-state index is -0.479. The topological polar surface area (TPSA) is 36.4 Å². The summed E-state index contributed by atoms with van der Waals surface area (Å²) in [6.45, 7) is 7.24. The molecule has 128 valence electrons. The van der Waals surface area contributed by atoms with E-state index in [2.05, 4.69) is 23.7 Å². The van der Waals surface area contributed by atoms with Crippen molar-refractivity contribution in [2.75, 3.05) is 19.6 Å². The monoisotopic (exact) mass is 336 g/mol.